The van der Waals surface area contributed by atoms with Gasteiger partial charge in [0.2, 0.25) is 0 Å². The smallest absolute Gasteiger partial charge is 0.0474 e. The molecule has 0 aliphatic carbocycles. The summed E-state index contributed by atoms with van der Waals surface area (Å²) in [5.41, 5.74) is 18.0. The molecular formula is C18H16N2. The van der Waals surface area contributed by atoms with Crippen LogP contribution in [0.3, 0.4) is 0 Å². The number of nitrogens with two attached hydrogens (primary N) is 2. The van der Waals surface area contributed by atoms with Crippen molar-refractivity contribution in [3.8, 4) is 22.3 Å². The molecule has 4 N–H and O–H groups in total. The molecule has 0 aromatic heterocycles. The molecule has 0 unspecified atom stereocenters. The lowest BCUT2D eigenvalue weighted by atomic mass is 9.95. The minimum Gasteiger partial charge on any atom is -0.398 e. The van der Waals surface area contributed by atoms with Crippen LogP contribution in [0.5, 0.6) is 0 Å². The van der Waals surface area contributed by atoms with E-state index in [0.717, 1.165) is 33.6 Å². The van der Waals surface area contributed by atoms with E-state index >= 15 is 0 Å². The number of benzene rings is 3. The Morgan fingerprint density at radius 1 is 0.500 bits per heavy atom. The first kappa shape index (κ1) is 12.3. The van der Waals surface area contributed by atoms with Gasteiger partial charge in [0.25, 0.3) is 0 Å². The van der Waals surface area contributed by atoms with E-state index in [-0.39, 0.29) is 0 Å². The third kappa shape index (κ3) is 2.12. The molecule has 0 saturated carbocycles. The zero-order chi connectivity index (χ0) is 13.9. The first-order chi connectivity index (χ1) is 9.77. The molecule has 2 nitrogen and oxygen atoms in total. The van der Waals surface area contributed by atoms with Gasteiger partial charge in [-0.2, -0.15) is 0 Å². The highest BCUT2D eigenvalue weighted by Gasteiger charge is 2.10. The quantitative estimate of drug-likeness (QED) is 0.679. The van der Waals surface area contributed by atoms with Crippen molar-refractivity contribution in [2.45, 2.75) is 0 Å². The van der Waals surface area contributed by atoms with Gasteiger partial charge in [0.05, 0.1) is 0 Å². The van der Waals surface area contributed by atoms with E-state index in [1.807, 2.05) is 60.7 Å². The van der Waals surface area contributed by atoms with Crippen LogP contribution in [0.4, 0.5) is 11.4 Å². The second-order valence-electron chi connectivity index (χ2n) is 4.72. The van der Waals surface area contributed by atoms with Gasteiger partial charge in [0, 0.05) is 28.1 Å². The van der Waals surface area contributed by atoms with E-state index in [1.165, 1.54) is 0 Å². The normalized spacial score (nSPS) is 10.4. The predicted molar refractivity (Wildman–Crippen MR) is 86.1 cm³/mol. The van der Waals surface area contributed by atoms with E-state index in [0.29, 0.717) is 0 Å². The molecule has 98 valence electrons. The Kier molecular flexibility index (Phi) is 3.13. The molecule has 3 rings (SSSR count). The van der Waals surface area contributed by atoms with Crippen LogP contribution in [0.1, 0.15) is 0 Å². The Morgan fingerprint density at radius 2 is 1.10 bits per heavy atom. The summed E-state index contributed by atoms with van der Waals surface area (Å²) in [6.45, 7) is 0. The highest BCUT2D eigenvalue weighted by molar-refractivity contribution is 5.92. The number of rotatable bonds is 2. The fourth-order valence-corrected chi connectivity index (χ4v) is 2.41. The standard InChI is InChI=1S/C18H16N2/c19-17-12-5-4-9-15(17)16-11-6-10-14(18(16)20)13-7-2-1-3-8-13/h1-12H,19-20H2. The molecule has 0 heterocycles. The Bertz CT molecular complexity index is 733. The Balaban J connectivity index is 2.19. The predicted octanol–water partition coefficient (Wildman–Crippen LogP) is 4.19. The fourth-order valence-electron chi connectivity index (χ4n) is 2.41. The maximum absolute atomic E-state index is 6.36. The van der Waals surface area contributed by atoms with Crippen LogP contribution in [0.25, 0.3) is 22.3 Å². The van der Waals surface area contributed by atoms with Crippen molar-refractivity contribution in [1.82, 2.24) is 0 Å². The molecule has 2 heteroatoms. The van der Waals surface area contributed by atoms with Crippen LogP contribution in [-0.2, 0) is 0 Å². The molecule has 0 saturated heterocycles. The first-order valence-corrected chi connectivity index (χ1v) is 6.56. The molecule has 20 heavy (non-hydrogen) atoms. The number of para-hydroxylation sites is 2. The van der Waals surface area contributed by atoms with Crippen LogP contribution in [0, 0.1) is 0 Å². The Morgan fingerprint density at radius 3 is 1.85 bits per heavy atom. The first-order valence-electron chi connectivity index (χ1n) is 6.56. The summed E-state index contributed by atoms with van der Waals surface area (Å²) in [7, 11) is 0. The summed E-state index contributed by atoms with van der Waals surface area (Å²) in [4.78, 5) is 0. The van der Waals surface area contributed by atoms with Gasteiger partial charge in [-0.15, -0.1) is 0 Å². The van der Waals surface area contributed by atoms with E-state index in [1.54, 1.807) is 0 Å². The lowest BCUT2D eigenvalue weighted by Crippen LogP contribution is -1.96. The topological polar surface area (TPSA) is 52.0 Å². The largest absolute Gasteiger partial charge is 0.398 e. The summed E-state index contributed by atoms with van der Waals surface area (Å²) >= 11 is 0. The molecule has 0 bridgehead atoms. The van der Waals surface area contributed by atoms with Crippen LogP contribution >= 0.6 is 0 Å². The minimum atomic E-state index is 0.740. The van der Waals surface area contributed by atoms with Gasteiger partial charge >= 0.3 is 0 Å². The lowest BCUT2D eigenvalue weighted by Gasteiger charge is -2.13. The Labute approximate surface area is 118 Å². The van der Waals surface area contributed by atoms with Crippen molar-refractivity contribution in [1.29, 1.82) is 0 Å². The van der Waals surface area contributed by atoms with Crippen molar-refractivity contribution < 1.29 is 0 Å². The van der Waals surface area contributed by atoms with Crippen molar-refractivity contribution in [2.75, 3.05) is 11.5 Å². The van der Waals surface area contributed by atoms with Gasteiger partial charge in [-0.05, 0) is 11.6 Å². The summed E-state index contributed by atoms with van der Waals surface area (Å²) in [6.07, 6.45) is 0. The molecule has 0 amide bonds. The average Bonchev–Trinajstić information content (AvgIpc) is 2.49. The molecule has 3 aromatic carbocycles. The summed E-state index contributed by atoms with van der Waals surface area (Å²) in [5.74, 6) is 0. The highest BCUT2D eigenvalue weighted by Crippen LogP contribution is 2.36. The summed E-state index contributed by atoms with van der Waals surface area (Å²) in [5, 5.41) is 0. The maximum Gasteiger partial charge on any atom is 0.0474 e. The number of nitrogen functional groups attached to an aromatic ring is 2. The second-order valence-corrected chi connectivity index (χ2v) is 4.72. The van der Waals surface area contributed by atoms with Crippen LogP contribution < -0.4 is 11.5 Å². The maximum atomic E-state index is 6.36. The van der Waals surface area contributed by atoms with E-state index in [2.05, 4.69) is 12.1 Å². The highest BCUT2D eigenvalue weighted by atomic mass is 14.6. The van der Waals surface area contributed by atoms with Gasteiger partial charge in [-0.3, -0.25) is 0 Å². The molecule has 0 aliphatic heterocycles. The van der Waals surface area contributed by atoms with Gasteiger partial charge in [0.1, 0.15) is 0 Å². The molecular weight excluding hydrogens is 244 g/mol. The average molecular weight is 260 g/mol. The summed E-state index contributed by atoms with van der Waals surface area (Å²) < 4.78 is 0. The van der Waals surface area contributed by atoms with Crippen molar-refractivity contribution >= 4 is 11.4 Å². The van der Waals surface area contributed by atoms with Gasteiger partial charge in [-0.1, -0.05) is 66.7 Å². The molecule has 0 atom stereocenters. The number of anilines is 2. The van der Waals surface area contributed by atoms with Crippen LogP contribution in [0.2, 0.25) is 0 Å². The third-order valence-corrected chi connectivity index (χ3v) is 3.44. The van der Waals surface area contributed by atoms with E-state index in [4.69, 9.17) is 11.5 Å². The minimum absolute atomic E-state index is 0.740. The number of hydrogen-bond acceptors (Lipinski definition) is 2. The number of hydrogen-bond donors (Lipinski definition) is 2. The molecule has 0 spiro atoms. The lowest BCUT2D eigenvalue weighted by molar-refractivity contribution is 1.58. The zero-order valence-corrected chi connectivity index (χ0v) is 11.1. The second kappa shape index (κ2) is 5.10. The van der Waals surface area contributed by atoms with Crippen LogP contribution in [-0.4, -0.2) is 0 Å². The summed E-state index contributed by atoms with van der Waals surface area (Å²) in [6, 6.07) is 24.0. The fraction of sp³-hybridized carbons (Fsp3) is 0. The zero-order valence-electron chi connectivity index (χ0n) is 11.1. The van der Waals surface area contributed by atoms with E-state index < -0.39 is 0 Å². The molecule has 0 radical (unpaired) electrons. The van der Waals surface area contributed by atoms with Crippen molar-refractivity contribution in [2.24, 2.45) is 0 Å². The van der Waals surface area contributed by atoms with Gasteiger partial charge in [0.15, 0.2) is 0 Å². The SMILES string of the molecule is Nc1ccccc1-c1cccc(-c2ccccc2)c1N. The molecule has 0 aliphatic rings. The molecule has 3 aromatic rings. The van der Waals surface area contributed by atoms with Crippen molar-refractivity contribution in [3.63, 3.8) is 0 Å². The monoisotopic (exact) mass is 260 g/mol. The molecule has 0 fully saturated rings. The van der Waals surface area contributed by atoms with Gasteiger partial charge < -0.3 is 11.5 Å². The van der Waals surface area contributed by atoms with Gasteiger partial charge in [-0.25, -0.2) is 0 Å². The van der Waals surface area contributed by atoms with E-state index in [9.17, 15) is 0 Å². The Hall–Kier alpha value is -2.74. The van der Waals surface area contributed by atoms with Crippen molar-refractivity contribution in [3.05, 3.63) is 72.8 Å². The van der Waals surface area contributed by atoms with Crippen LogP contribution in [0.15, 0.2) is 72.8 Å². The third-order valence-electron chi connectivity index (χ3n) is 3.44.